The van der Waals surface area contributed by atoms with Crippen molar-refractivity contribution >= 4 is 33.7 Å². The van der Waals surface area contributed by atoms with Gasteiger partial charge in [-0.1, -0.05) is 27.7 Å². The summed E-state index contributed by atoms with van der Waals surface area (Å²) in [7, 11) is -3.80. The summed E-state index contributed by atoms with van der Waals surface area (Å²) in [6.07, 6.45) is -1.28. The van der Waals surface area contributed by atoms with Gasteiger partial charge in [0, 0.05) is 11.3 Å². The molecule has 0 saturated heterocycles. The molecule has 0 bridgehead atoms. The van der Waals surface area contributed by atoms with Gasteiger partial charge in [0.05, 0.1) is 18.3 Å². The summed E-state index contributed by atoms with van der Waals surface area (Å²) in [6.45, 7) is 5.63. The Morgan fingerprint density at radius 1 is 1.27 bits per heavy atom. The zero-order valence-electron chi connectivity index (χ0n) is 13.2. The van der Waals surface area contributed by atoms with E-state index in [1.165, 1.54) is 13.8 Å². The van der Waals surface area contributed by atoms with Crippen LogP contribution in [-0.2, 0) is 28.6 Å². The van der Waals surface area contributed by atoms with Crippen molar-refractivity contribution in [3.63, 3.8) is 0 Å². The Hall–Kier alpha value is -0.860. The molecule has 0 saturated carbocycles. The molecule has 0 aromatic carbocycles. The fourth-order valence-corrected chi connectivity index (χ4v) is 2.80. The topological polar surface area (TPSA) is 107 Å². The molecule has 0 unspecified atom stereocenters. The third kappa shape index (κ3) is 7.42. The Kier molecular flexibility index (Phi) is 8.35. The molecule has 7 nitrogen and oxygen atoms in total. The van der Waals surface area contributed by atoms with Crippen molar-refractivity contribution in [3.05, 3.63) is 0 Å². The summed E-state index contributed by atoms with van der Waals surface area (Å²) in [5.41, 5.74) is -1.22. The van der Waals surface area contributed by atoms with Gasteiger partial charge in [0.25, 0.3) is 10.1 Å². The van der Waals surface area contributed by atoms with E-state index in [1.54, 1.807) is 13.8 Å². The number of hydrogen-bond acceptors (Lipinski definition) is 6. The lowest BCUT2D eigenvalue weighted by Gasteiger charge is -2.30. The zero-order chi connectivity index (χ0) is 17.6. The highest BCUT2D eigenvalue weighted by molar-refractivity contribution is 7.86. The summed E-state index contributed by atoms with van der Waals surface area (Å²) in [4.78, 5) is 22.9. The second kappa shape index (κ2) is 8.69. The van der Waals surface area contributed by atoms with Crippen molar-refractivity contribution in [2.24, 2.45) is 11.3 Å². The third-order valence-electron chi connectivity index (χ3n) is 2.78. The van der Waals surface area contributed by atoms with E-state index in [1.807, 2.05) is 0 Å². The highest BCUT2D eigenvalue weighted by Crippen LogP contribution is 2.26. The Bertz CT molecular complexity index is 485. The SMILES string of the molecule is CC(C)C(=O)O[C@@H](C(=O)O)C(C)(C)COS(=O)(=O)CCCCl. The number of carbonyl (C=O) groups is 2. The Balaban J connectivity index is 4.91. The van der Waals surface area contributed by atoms with E-state index >= 15 is 0 Å². The molecule has 130 valence electrons. The number of carboxylic acid groups (broad SMARTS) is 1. The molecule has 0 aromatic heterocycles. The van der Waals surface area contributed by atoms with Crippen molar-refractivity contribution in [1.29, 1.82) is 0 Å². The molecular weight excluding hydrogens is 336 g/mol. The molecule has 1 atom stereocenters. The number of halogens is 1. The molecule has 1 N–H and O–H groups in total. The van der Waals surface area contributed by atoms with Gasteiger partial charge in [-0.15, -0.1) is 11.6 Å². The van der Waals surface area contributed by atoms with Crippen LogP contribution >= 0.6 is 11.6 Å². The van der Waals surface area contributed by atoms with E-state index < -0.39 is 46.1 Å². The van der Waals surface area contributed by atoms with Gasteiger partial charge in [-0.25, -0.2) is 4.79 Å². The minimum absolute atomic E-state index is 0.176. The first-order valence-electron chi connectivity index (χ1n) is 6.79. The molecule has 0 amide bonds. The van der Waals surface area contributed by atoms with E-state index in [-0.39, 0.29) is 18.1 Å². The van der Waals surface area contributed by atoms with Gasteiger partial charge in [-0.2, -0.15) is 8.42 Å². The molecule has 0 aliphatic heterocycles. The number of ether oxygens (including phenoxy) is 1. The largest absolute Gasteiger partial charge is 0.478 e. The number of hydrogen-bond donors (Lipinski definition) is 1. The van der Waals surface area contributed by atoms with Gasteiger partial charge in [0.15, 0.2) is 0 Å². The van der Waals surface area contributed by atoms with Crippen LogP contribution in [0.25, 0.3) is 0 Å². The summed E-state index contributed by atoms with van der Waals surface area (Å²) >= 11 is 5.42. The lowest BCUT2D eigenvalue weighted by atomic mass is 9.87. The van der Waals surface area contributed by atoms with Crippen molar-refractivity contribution in [3.8, 4) is 0 Å². The average Bonchev–Trinajstić information content (AvgIpc) is 2.39. The second-order valence-electron chi connectivity index (χ2n) is 5.86. The fourth-order valence-electron chi connectivity index (χ4n) is 1.40. The predicted octanol–water partition coefficient (Wildman–Crippen LogP) is 1.64. The molecule has 0 spiro atoms. The van der Waals surface area contributed by atoms with Crippen molar-refractivity contribution in [1.82, 2.24) is 0 Å². The van der Waals surface area contributed by atoms with Gasteiger partial charge >= 0.3 is 11.9 Å². The van der Waals surface area contributed by atoms with Crippen LogP contribution in [0, 0.1) is 11.3 Å². The quantitative estimate of drug-likeness (QED) is 0.359. The zero-order valence-corrected chi connectivity index (χ0v) is 14.7. The summed E-state index contributed by atoms with van der Waals surface area (Å²) in [5.74, 6) is -2.61. The molecule has 22 heavy (non-hydrogen) atoms. The van der Waals surface area contributed by atoms with Crippen LogP contribution in [0.5, 0.6) is 0 Å². The molecular formula is C13H23ClO7S. The van der Waals surface area contributed by atoms with Crippen LogP contribution in [-0.4, -0.2) is 49.8 Å². The monoisotopic (exact) mass is 358 g/mol. The highest BCUT2D eigenvalue weighted by atomic mass is 35.5. The lowest BCUT2D eigenvalue weighted by molar-refractivity contribution is -0.176. The van der Waals surface area contributed by atoms with Gasteiger partial charge in [0.1, 0.15) is 0 Å². The molecule has 0 rings (SSSR count). The first kappa shape index (κ1) is 21.1. The van der Waals surface area contributed by atoms with Crippen molar-refractivity contribution in [2.45, 2.75) is 40.2 Å². The maximum Gasteiger partial charge on any atom is 0.345 e. The molecule has 0 heterocycles. The summed E-state index contributed by atoms with van der Waals surface area (Å²) in [5, 5.41) is 9.21. The summed E-state index contributed by atoms with van der Waals surface area (Å²) < 4.78 is 33.0. The second-order valence-corrected chi connectivity index (χ2v) is 8.00. The molecule has 0 aliphatic carbocycles. The smallest absolute Gasteiger partial charge is 0.345 e. The van der Waals surface area contributed by atoms with E-state index in [4.69, 9.17) is 20.5 Å². The first-order valence-corrected chi connectivity index (χ1v) is 8.90. The Labute approximate surface area is 136 Å². The van der Waals surface area contributed by atoms with Crippen LogP contribution < -0.4 is 0 Å². The minimum Gasteiger partial charge on any atom is -0.478 e. The van der Waals surface area contributed by atoms with E-state index in [0.29, 0.717) is 0 Å². The average molecular weight is 359 g/mol. The normalized spacial score (nSPS) is 13.9. The lowest BCUT2D eigenvalue weighted by Crippen LogP contribution is -2.44. The highest BCUT2D eigenvalue weighted by Gasteiger charge is 2.40. The van der Waals surface area contributed by atoms with Crippen molar-refractivity contribution in [2.75, 3.05) is 18.2 Å². The van der Waals surface area contributed by atoms with Gasteiger partial charge < -0.3 is 9.84 Å². The molecule has 0 aliphatic rings. The predicted molar refractivity (Wildman–Crippen MR) is 81.2 cm³/mol. The Morgan fingerprint density at radius 3 is 2.23 bits per heavy atom. The number of rotatable bonds is 10. The fraction of sp³-hybridized carbons (Fsp3) is 0.846. The standard InChI is InChI=1S/C13H23ClO7S/c1-9(2)12(17)21-10(11(15)16)13(3,4)8-20-22(18,19)7-5-6-14/h9-10H,5-8H2,1-4H3,(H,15,16)/t10-/m0/s1. The first-order chi connectivity index (χ1) is 9.93. The van der Waals surface area contributed by atoms with E-state index in [0.717, 1.165) is 0 Å². The molecule has 0 radical (unpaired) electrons. The van der Waals surface area contributed by atoms with E-state index in [9.17, 15) is 23.1 Å². The maximum absolute atomic E-state index is 11.6. The maximum atomic E-state index is 11.6. The van der Waals surface area contributed by atoms with Crippen LogP contribution in [0.3, 0.4) is 0 Å². The molecule has 0 fully saturated rings. The summed E-state index contributed by atoms with van der Waals surface area (Å²) in [6, 6.07) is 0. The molecule has 9 heteroatoms. The van der Waals surface area contributed by atoms with Gasteiger partial charge in [-0.05, 0) is 6.42 Å². The van der Waals surface area contributed by atoms with Crippen LogP contribution in [0.2, 0.25) is 0 Å². The van der Waals surface area contributed by atoms with Gasteiger partial charge in [0.2, 0.25) is 6.10 Å². The number of esters is 1. The van der Waals surface area contributed by atoms with E-state index in [2.05, 4.69) is 0 Å². The van der Waals surface area contributed by atoms with Gasteiger partial charge in [-0.3, -0.25) is 8.98 Å². The van der Waals surface area contributed by atoms with Crippen molar-refractivity contribution < 1.29 is 32.0 Å². The third-order valence-corrected chi connectivity index (χ3v) is 4.31. The Morgan fingerprint density at radius 2 is 1.82 bits per heavy atom. The van der Waals surface area contributed by atoms with Crippen LogP contribution in [0.4, 0.5) is 0 Å². The number of aliphatic carboxylic acids is 1. The minimum atomic E-state index is -3.80. The molecule has 0 aromatic rings. The number of alkyl halides is 1. The van der Waals surface area contributed by atoms with Crippen LogP contribution in [0.1, 0.15) is 34.1 Å². The number of carboxylic acids is 1. The van der Waals surface area contributed by atoms with Crippen LogP contribution in [0.15, 0.2) is 0 Å². The number of carbonyl (C=O) groups excluding carboxylic acids is 1.